The van der Waals surface area contributed by atoms with E-state index in [1.807, 2.05) is 6.20 Å². The maximum Gasteiger partial charge on any atom is 0.213 e. The van der Waals surface area contributed by atoms with Gasteiger partial charge in [-0.25, -0.2) is 4.98 Å². The van der Waals surface area contributed by atoms with Gasteiger partial charge in [-0.1, -0.05) is 20.3 Å². The molecule has 1 aliphatic carbocycles. The summed E-state index contributed by atoms with van der Waals surface area (Å²) >= 11 is 0. The molecule has 0 saturated heterocycles. The van der Waals surface area contributed by atoms with Crippen LogP contribution in [0.1, 0.15) is 38.7 Å². The maximum atomic E-state index is 5.86. The SMILES string of the molecule is CCCc1ccnc(O[C@H]2C[C@H](NCC)C2)c1. The van der Waals surface area contributed by atoms with Gasteiger partial charge in [-0.15, -0.1) is 0 Å². The van der Waals surface area contributed by atoms with Crippen molar-refractivity contribution in [3.05, 3.63) is 23.9 Å². The number of pyridine rings is 1. The summed E-state index contributed by atoms with van der Waals surface area (Å²) < 4.78 is 5.86. The summed E-state index contributed by atoms with van der Waals surface area (Å²) in [5.41, 5.74) is 1.32. The molecule has 94 valence electrons. The summed E-state index contributed by atoms with van der Waals surface area (Å²) in [6.07, 6.45) is 6.67. The lowest BCUT2D eigenvalue weighted by Crippen LogP contribution is -2.46. The number of nitrogens with one attached hydrogen (secondary N) is 1. The molecule has 0 amide bonds. The molecule has 1 saturated carbocycles. The molecule has 0 aliphatic heterocycles. The zero-order valence-electron chi connectivity index (χ0n) is 10.8. The fourth-order valence-corrected chi connectivity index (χ4v) is 2.25. The number of hydrogen-bond donors (Lipinski definition) is 1. The molecule has 1 aliphatic rings. The Morgan fingerprint density at radius 1 is 1.41 bits per heavy atom. The van der Waals surface area contributed by atoms with Crippen LogP contribution in [-0.4, -0.2) is 23.7 Å². The molecule has 0 atom stereocenters. The first-order valence-electron chi connectivity index (χ1n) is 6.66. The third-order valence-electron chi connectivity index (χ3n) is 3.21. The van der Waals surface area contributed by atoms with Crippen LogP contribution in [0.4, 0.5) is 0 Å². The van der Waals surface area contributed by atoms with E-state index in [0.29, 0.717) is 12.1 Å². The Labute approximate surface area is 104 Å². The number of nitrogens with zero attached hydrogens (tertiary/aromatic N) is 1. The summed E-state index contributed by atoms with van der Waals surface area (Å²) in [5, 5.41) is 3.43. The van der Waals surface area contributed by atoms with Crippen LogP contribution in [0.5, 0.6) is 5.88 Å². The smallest absolute Gasteiger partial charge is 0.213 e. The highest BCUT2D eigenvalue weighted by molar-refractivity contribution is 5.21. The minimum Gasteiger partial charge on any atom is -0.474 e. The highest BCUT2D eigenvalue weighted by Gasteiger charge is 2.30. The minimum atomic E-state index is 0.350. The van der Waals surface area contributed by atoms with Gasteiger partial charge in [0.15, 0.2) is 0 Å². The van der Waals surface area contributed by atoms with E-state index in [9.17, 15) is 0 Å². The fourth-order valence-electron chi connectivity index (χ4n) is 2.25. The second-order valence-corrected chi connectivity index (χ2v) is 4.72. The van der Waals surface area contributed by atoms with E-state index in [0.717, 1.165) is 38.1 Å². The Hall–Kier alpha value is -1.09. The molecule has 1 N–H and O–H groups in total. The number of aryl methyl sites for hydroxylation is 1. The zero-order valence-corrected chi connectivity index (χ0v) is 10.8. The van der Waals surface area contributed by atoms with E-state index in [1.54, 1.807) is 0 Å². The van der Waals surface area contributed by atoms with Crippen LogP contribution in [-0.2, 0) is 6.42 Å². The molecule has 1 fully saturated rings. The van der Waals surface area contributed by atoms with E-state index in [4.69, 9.17) is 4.74 Å². The largest absolute Gasteiger partial charge is 0.474 e. The van der Waals surface area contributed by atoms with Gasteiger partial charge in [-0.05, 0) is 37.4 Å². The molecule has 0 spiro atoms. The Morgan fingerprint density at radius 2 is 2.24 bits per heavy atom. The molecule has 0 aromatic carbocycles. The first kappa shape index (κ1) is 12.4. The average molecular weight is 234 g/mol. The van der Waals surface area contributed by atoms with Crippen LogP contribution in [0.25, 0.3) is 0 Å². The summed E-state index contributed by atoms with van der Waals surface area (Å²) in [4.78, 5) is 4.27. The van der Waals surface area contributed by atoms with Gasteiger partial charge >= 0.3 is 0 Å². The molecule has 3 heteroatoms. The van der Waals surface area contributed by atoms with Crippen molar-refractivity contribution in [3.8, 4) is 5.88 Å². The Balaban J connectivity index is 1.81. The van der Waals surface area contributed by atoms with Crippen LogP contribution in [0.15, 0.2) is 18.3 Å². The molecule has 0 bridgehead atoms. The van der Waals surface area contributed by atoms with E-state index in [2.05, 4.69) is 36.3 Å². The maximum absolute atomic E-state index is 5.86. The first-order chi connectivity index (χ1) is 8.31. The molecule has 2 rings (SSSR count). The van der Waals surface area contributed by atoms with Crippen LogP contribution in [0.2, 0.25) is 0 Å². The van der Waals surface area contributed by atoms with Crippen molar-refractivity contribution in [2.24, 2.45) is 0 Å². The van der Waals surface area contributed by atoms with Gasteiger partial charge in [0.2, 0.25) is 5.88 Å². The van der Waals surface area contributed by atoms with Gasteiger partial charge in [0.25, 0.3) is 0 Å². The van der Waals surface area contributed by atoms with Gasteiger partial charge in [-0.3, -0.25) is 0 Å². The van der Waals surface area contributed by atoms with E-state index in [1.165, 1.54) is 5.56 Å². The van der Waals surface area contributed by atoms with Crippen molar-refractivity contribution in [2.75, 3.05) is 6.54 Å². The highest BCUT2D eigenvalue weighted by atomic mass is 16.5. The van der Waals surface area contributed by atoms with Crippen LogP contribution >= 0.6 is 0 Å². The predicted octanol–water partition coefficient (Wildman–Crippen LogP) is 2.55. The van der Waals surface area contributed by atoms with E-state index < -0.39 is 0 Å². The lowest BCUT2D eigenvalue weighted by Gasteiger charge is -2.35. The second kappa shape index (κ2) is 6.01. The average Bonchev–Trinajstić information content (AvgIpc) is 2.27. The summed E-state index contributed by atoms with van der Waals surface area (Å²) in [7, 11) is 0. The summed E-state index contributed by atoms with van der Waals surface area (Å²) in [6, 6.07) is 4.78. The second-order valence-electron chi connectivity index (χ2n) is 4.72. The molecule has 1 heterocycles. The first-order valence-corrected chi connectivity index (χ1v) is 6.66. The van der Waals surface area contributed by atoms with Gasteiger partial charge in [-0.2, -0.15) is 0 Å². The summed E-state index contributed by atoms with van der Waals surface area (Å²) in [6.45, 7) is 5.37. The number of ether oxygens (including phenoxy) is 1. The highest BCUT2D eigenvalue weighted by Crippen LogP contribution is 2.25. The zero-order chi connectivity index (χ0) is 12.1. The molecular weight excluding hydrogens is 212 g/mol. The number of aromatic nitrogens is 1. The Bertz CT molecular complexity index is 348. The van der Waals surface area contributed by atoms with Crippen LogP contribution in [0, 0.1) is 0 Å². The quantitative estimate of drug-likeness (QED) is 0.821. The molecule has 0 radical (unpaired) electrons. The topological polar surface area (TPSA) is 34.1 Å². The fraction of sp³-hybridized carbons (Fsp3) is 0.643. The lowest BCUT2D eigenvalue weighted by atomic mass is 9.89. The standard InChI is InChI=1S/C14H22N2O/c1-3-5-11-6-7-16-14(8-11)17-13-9-12(10-13)15-4-2/h6-8,12-13,15H,3-5,9-10H2,1-2H3/t12-,13-. The van der Waals surface area contributed by atoms with Gasteiger partial charge < -0.3 is 10.1 Å². The number of hydrogen-bond acceptors (Lipinski definition) is 3. The monoisotopic (exact) mass is 234 g/mol. The molecule has 17 heavy (non-hydrogen) atoms. The third-order valence-corrected chi connectivity index (χ3v) is 3.21. The van der Waals surface area contributed by atoms with Crippen molar-refractivity contribution in [2.45, 2.75) is 51.7 Å². The van der Waals surface area contributed by atoms with Crippen molar-refractivity contribution < 1.29 is 4.74 Å². The Kier molecular flexibility index (Phi) is 4.37. The molecule has 0 unspecified atom stereocenters. The van der Waals surface area contributed by atoms with Crippen LogP contribution < -0.4 is 10.1 Å². The van der Waals surface area contributed by atoms with Crippen molar-refractivity contribution in [1.82, 2.24) is 10.3 Å². The van der Waals surface area contributed by atoms with Crippen molar-refractivity contribution in [1.29, 1.82) is 0 Å². The van der Waals surface area contributed by atoms with E-state index in [-0.39, 0.29) is 0 Å². The normalized spacial score (nSPS) is 23.2. The van der Waals surface area contributed by atoms with Gasteiger partial charge in [0.05, 0.1) is 0 Å². The molecule has 3 nitrogen and oxygen atoms in total. The minimum absolute atomic E-state index is 0.350. The third kappa shape index (κ3) is 3.43. The predicted molar refractivity (Wildman–Crippen MR) is 69.3 cm³/mol. The van der Waals surface area contributed by atoms with Crippen molar-refractivity contribution in [3.63, 3.8) is 0 Å². The van der Waals surface area contributed by atoms with Crippen LogP contribution in [0.3, 0.4) is 0 Å². The molecule has 1 aromatic heterocycles. The number of rotatable bonds is 6. The molecular formula is C14H22N2O. The van der Waals surface area contributed by atoms with Crippen molar-refractivity contribution >= 4 is 0 Å². The molecule has 1 aromatic rings. The van der Waals surface area contributed by atoms with Gasteiger partial charge in [0.1, 0.15) is 6.10 Å². The van der Waals surface area contributed by atoms with Gasteiger partial charge in [0, 0.05) is 18.3 Å². The Morgan fingerprint density at radius 3 is 2.94 bits per heavy atom. The van der Waals surface area contributed by atoms with E-state index >= 15 is 0 Å². The lowest BCUT2D eigenvalue weighted by molar-refractivity contribution is 0.0814. The summed E-state index contributed by atoms with van der Waals surface area (Å²) in [5.74, 6) is 0.788.